The molecule has 1 aromatic heterocycles. The molecule has 27 heavy (non-hydrogen) atoms. The first-order valence-corrected chi connectivity index (χ1v) is 8.94. The van der Waals surface area contributed by atoms with Crippen LogP contribution in [0.5, 0.6) is 0 Å². The van der Waals surface area contributed by atoms with Crippen LogP contribution in [0.25, 0.3) is 11.8 Å². The summed E-state index contributed by atoms with van der Waals surface area (Å²) in [7, 11) is 0. The van der Waals surface area contributed by atoms with Gasteiger partial charge in [0.2, 0.25) is 0 Å². The standard InChI is InChI=1S/C22H18ClN3O/c1-2-16-5-9-19(10-6-16)25-22(27)17(15-24)14-21-4-3-13-26(21)20-11-7-18(23)8-12-20/h3-14H,2H2,1H3,(H,25,27)/b17-14-. The van der Waals surface area contributed by atoms with Crippen LogP contribution in [0.4, 0.5) is 5.69 Å². The van der Waals surface area contributed by atoms with Gasteiger partial charge < -0.3 is 9.88 Å². The van der Waals surface area contributed by atoms with Gasteiger partial charge in [0.1, 0.15) is 11.6 Å². The molecule has 0 spiro atoms. The summed E-state index contributed by atoms with van der Waals surface area (Å²) in [5, 5.41) is 12.9. The van der Waals surface area contributed by atoms with Gasteiger partial charge in [0.25, 0.3) is 5.91 Å². The molecule has 3 aromatic rings. The van der Waals surface area contributed by atoms with Crippen LogP contribution in [0.2, 0.25) is 5.02 Å². The number of carbonyl (C=O) groups is 1. The second-order valence-electron chi connectivity index (χ2n) is 5.95. The number of amides is 1. The second kappa shape index (κ2) is 8.39. The van der Waals surface area contributed by atoms with Crippen LogP contribution in [-0.4, -0.2) is 10.5 Å². The van der Waals surface area contributed by atoms with Crippen LogP contribution in [-0.2, 0) is 11.2 Å². The molecule has 134 valence electrons. The number of aryl methyl sites for hydroxylation is 1. The highest BCUT2D eigenvalue weighted by atomic mass is 35.5. The van der Waals surface area contributed by atoms with E-state index in [1.807, 2.05) is 65.4 Å². The van der Waals surface area contributed by atoms with Gasteiger partial charge in [-0.1, -0.05) is 30.7 Å². The van der Waals surface area contributed by atoms with E-state index in [0.717, 1.165) is 17.8 Å². The average molecular weight is 376 g/mol. The Hall–Kier alpha value is -3.29. The molecule has 0 radical (unpaired) electrons. The van der Waals surface area contributed by atoms with Crippen molar-refractivity contribution in [3.63, 3.8) is 0 Å². The Morgan fingerprint density at radius 1 is 1.15 bits per heavy atom. The quantitative estimate of drug-likeness (QED) is 0.489. The molecule has 0 bridgehead atoms. The third kappa shape index (κ3) is 4.46. The Kier molecular flexibility index (Phi) is 5.75. The Bertz CT molecular complexity index is 1010. The van der Waals surface area contributed by atoms with E-state index < -0.39 is 5.91 Å². The highest BCUT2D eigenvalue weighted by Gasteiger charge is 2.11. The summed E-state index contributed by atoms with van der Waals surface area (Å²) in [5.41, 5.74) is 3.49. The molecule has 0 saturated carbocycles. The van der Waals surface area contributed by atoms with E-state index in [2.05, 4.69) is 12.2 Å². The lowest BCUT2D eigenvalue weighted by atomic mass is 10.1. The Morgan fingerprint density at radius 2 is 1.85 bits per heavy atom. The maximum Gasteiger partial charge on any atom is 0.266 e. The van der Waals surface area contributed by atoms with Gasteiger partial charge in [-0.2, -0.15) is 5.26 Å². The molecule has 2 aromatic carbocycles. The molecule has 1 amide bonds. The van der Waals surface area contributed by atoms with Crippen molar-refractivity contribution in [1.29, 1.82) is 5.26 Å². The van der Waals surface area contributed by atoms with E-state index in [-0.39, 0.29) is 5.57 Å². The van der Waals surface area contributed by atoms with Crippen LogP contribution < -0.4 is 5.32 Å². The second-order valence-corrected chi connectivity index (χ2v) is 6.39. The van der Waals surface area contributed by atoms with Gasteiger partial charge in [0.05, 0.1) is 0 Å². The number of anilines is 1. The monoisotopic (exact) mass is 375 g/mol. The highest BCUT2D eigenvalue weighted by molar-refractivity contribution is 6.30. The van der Waals surface area contributed by atoms with Gasteiger partial charge in [-0.05, 0) is 66.6 Å². The maximum atomic E-state index is 12.5. The minimum Gasteiger partial charge on any atom is -0.321 e. The van der Waals surface area contributed by atoms with E-state index in [4.69, 9.17) is 11.6 Å². The third-order valence-corrected chi connectivity index (χ3v) is 4.41. The molecule has 1 N–H and O–H groups in total. The predicted molar refractivity (Wildman–Crippen MR) is 109 cm³/mol. The number of hydrogen-bond acceptors (Lipinski definition) is 2. The van der Waals surface area contributed by atoms with Gasteiger partial charge in [-0.3, -0.25) is 4.79 Å². The van der Waals surface area contributed by atoms with Gasteiger partial charge in [-0.15, -0.1) is 0 Å². The number of nitrogens with one attached hydrogen (secondary N) is 1. The zero-order chi connectivity index (χ0) is 19.2. The van der Waals surface area contributed by atoms with Crippen LogP contribution in [0, 0.1) is 11.3 Å². The molecule has 0 aliphatic heterocycles. The molecular formula is C22H18ClN3O. The van der Waals surface area contributed by atoms with Gasteiger partial charge in [0.15, 0.2) is 0 Å². The minimum atomic E-state index is -0.439. The topological polar surface area (TPSA) is 57.8 Å². The number of carbonyl (C=O) groups excluding carboxylic acids is 1. The Morgan fingerprint density at radius 3 is 2.48 bits per heavy atom. The van der Waals surface area contributed by atoms with E-state index in [0.29, 0.717) is 10.7 Å². The number of nitrogens with zero attached hydrogens (tertiary/aromatic N) is 2. The normalized spacial score (nSPS) is 11.1. The first-order valence-electron chi connectivity index (χ1n) is 8.56. The van der Waals surface area contributed by atoms with Crippen LogP contribution in [0.3, 0.4) is 0 Å². The van der Waals surface area contributed by atoms with Gasteiger partial charge >= 0.3 is 0 Å². The zero-order valence-electron chi connectivity index (χ0n) is 14.8. The fraction of sp³-hybridized carbons (Fsp3) is 0.0909. The molecule has 0 fully saturated rings. The summed E-state index contributed by atoms with van der Waals surface area (Å²) in [4.78, 5) is 12.5. The SMILES string of the molecule is CCc1ccc(NC(=O)/C(C#N)=C\c2cccn2-c2ccc(Cl)cc2)cc1. The van der Waals surface area contributed by atoms with Crippen LogP contribution in [0.1, 0.15) is 18.2 Å². The molecule has 0 aliphatic rings. The number of hydrogen-bond donors (Lipinski definition) is 1. The third-order valence-electron chi connectivity index (χ3n) is 4.16. The van der Waals surface area contributed by atoms with E-state index >= 15 is 0 Å². The fourth-order valence-corrected chi connectivity index (χ4v) is 2.79. The summed E-state index contributed by atoms with van der Waals surface area (Å²) >= 11 is 5.94. The summed E-state index contributed by atoms with van der Waals surface area (Å²) in [5.74, 6) is -0.439. The zero-order valence-corrected chi connectivity index (χ0v) is 15.6. The predicted octanol–water partition coefficient (Wildman–Crippen LogP) is 5.24. The lowest BCUT2D eigenvalue weighted by Crippen LogP contribution is -2.13. The fourth-order valence-electron chi connectivity index (χ4n) is 2.67. The summed E-state index contributed by atoms with van der Waals surface area (Å²) in [6, 6.07) is 20.6. The van der Waals surface area contributed by atoms with Crippen molar-refractivity contribution in [2.75, 3.05) is 5.32 Å². The van der Waals surface area contributed by atoms with Gasteiger partial charge in [-0.25, -0.2) is 0 Å². The van der Waals surface area contributed by atoms with E-state index in [9.17, 15) is 10.1 Å². The largest absolute Gasteiger partial charge is 0.321 e. The summed E-state index contributed by atoms with van der Waals surface area (Å²) in [6.07, 6.45) is 4.37. The molecular weight excluding hydrogens is 358 g/mol. The number of rotatable bonds is 5. The van der Waals surface area contributed by atoms with Crippen molar-refractivity contribution in [1.82, 2.24) is 4.57 Å². The molecule has 4 nitrogen and oxygen atoms in total. The molecule has 5 heteroatoms. The smallest absolute Gasteiger partial charge is 0.266 e. The van der Waals surface area contributed by atoms with Crippen molar-refractivity contribution in [3.8, 4) is 11.8 Å². The van der Waals surface area contributed by atoms with Crippen molar-refractivity contribution in [3.05, 3.63) is 88.7 Å². The summed E-state index contributed by atoms with van der Waals surface area (Å²) in [6.45, 7) is 2.07. The van der Waals surface area contributed by atoms with Crippen LogP contribution in [0.15, 0.2) is 72.4 Å². The molecule has 0 aliphatic carbocycles. The lowest BCUT2D eigenvalue weighted by Gasteiger charge is -2.08. The molecule has 0 atom stereocenters. The first-order chi connectivity index (χ1) is 13.1. The van der Waals surface area contributed by atoms with Gasteiger partial charge in [0, 0.05) is 28.3 Å². The van der Waals surface area contributed by atoms with Crippen molar-refractivity contribution >= 4 is 29.3 Å². The number of nitriles is 1. The maximum absolute atomic E-state index is 12.5. The molecule has 3 rings (SSSR count). The summed E-state index contributed by atoms with van der Waals surface area (Å²) < 4.78 is 1.89. The minimum absolute atomic E-state index is 0.0310. The number of halogens is 1. The average Bonchev–Trinajstić information content (AvgIpc) is 3.15. The number of aromatic nitrogens is 1. The lowest BCUT2D eigenvalue weighted by molar-refractivity contribution is -0.112. The molecule has 0 unspecified atom stereocenters. The Labute approximate surface area is 163 Å². The first kappa shape index (κ1) is 18.5. The Balaban J connectivity index is 1.84. The van der Waals surface area contributed by atoms with Crippen LogP contribution >= 0.6 is 11.6 Å². The van der Waals surface area contributed by atoms with E-state index in [1.54, 1.807) is 18.2 Å². The van der Waals surface area contributed by atoms with Crippen molar-refractivity contribution in [2.24, 2.45) is 0 Å². The number of benzene rings is 2. The van der Waals surface area contributed by atoms with Crippen molar-refractivity contribution < 1.29 is 4.79 Å². The highest BCUT2D eigenvalue weighted by Crippen LogP contribution is 2.19. The molecule has 0 saturated heterocycles. The molecule has 1 heterocycles. The van der Waals surface area contributed by atoms with Crippen molar-refractivity contribution in [2.45, 2.75) is 13.3 Å². The van der Waals surface area contributed by atoms with E-state index in [1.165, 1.54) is 5.56 Å².